The monoisotopic (exact) mass is 358 g/mol. The highest BCUT2D eigenvalue weighted by Gasteiger charge is 2.41. The molecule has 1 heterocycles. The third kappa shape index (κ3) is 3.50. The maximum absolute atomic E-state index is 6.19. The summed E-state index contributed by atoms with van der Waals surface area (Å²) in [6.45, 7) is 4.80. The first-order valence-electron chi connectivity index (χ1n) is 7.82. The van der Waals surface area contributed by atoms with Crippen LogP contribution in [0.5, 0.6) is 0 Å². The molecular formula is C15H27BrN4O. The van der Waals surface area contributed by atoms with Gasteiger partial charge in [0.1, 0.15) is 0 Å². The lowest BCUT2D eigenvalue weighted by atomic mass is 9.77. The summed E-state index contributed by atoms with van der Waals surface area (Å²) in [5.74, 6) is 5.90. The van der Waals surface area contributed by atoms with Crippen LogP contribution in [-0.2, 0) is 18.2 Å². The van der Waals surface area contributed by atoms with E-state index in [9.17, 15) is 0 Å². The lowest BCUT2D eigenvalue weighted by Crippen LogP contribution is -2.57. The van der Waals surface area contributed by atoms with Gasteiger partial charge >= 0.3 is 0 Å². The largest absolute Gasteiger partial charge is 0.374 e. The highest BCUT2D eigenvalue weighted by molar-refractivity contribution is 9.10. The highest BCUT2D eigenvalue weighted by Crippen LogP contribution is 2.36. The van der Waals surface area contributed by atoms with Crippen molar-refractivity contribution in [3.63, 3.8) is 0 Å². The molecule has 3 N–H and O–H groups in total. The van der Waals surface area contributed by atoms with Crippen LogP contribution in [0.4, 0.5) is 0 Å². The van der Waals surface area contributed by atoms with Gasteiger partial charge in [0.15, 0.2) is 0 Å². The average Bonchev–Trinajstić information content (AvgIpc) is 2.71. The number of nitrogens with two attached hydrogens (primary N) is 1. The number of aryl methyl sites for hydroxylation is 2. The standard InChI is InChI=1S/C15H27BrN4O/c1-4-21-15(8-6-5-7-9-15)13(18-17)10-12-14(16)11(2)19-20(12)3/h13,18H,4-10,17H2,1-3H3. The quantitative estimate of drug-likeness (QED) is 0.605. The van der Waals surface area contributed by atoms with Gasteiger partial charge in [-0.05, 0) is 42.6 Å². The van der Waals surface area contributed by atoms with Gasteiger partial charge in [0.05, 0.1) is 27.5 Å². The van der Waals surface area contributed by atoms with E-state index < -0.39 is 0 Å². The summed E-state index contributed by atoms with van der Waals surface area (Å²) < 4.78 is 9.21. The molecule has 120 valence electrons. The van der Waals surface area contributed by atoms with Gasteiger partial charge in [0, 0.05) is 20.1 Å². The van der Waals surface area contributed by atoms with E-state index in [1.54, 1.807) is 0 Å². The summed E-state index contributed by atoms with van der Waals surface area (Å²) in [7, 11) is 1.98. The van der Waals surface area contributed by atoms with Crippen molar-refractivity contribution in [1.82, 2.24) is 15.2 Å². The number of ether oxygens (including phenoxy) is 1. The maximum atomic E-state index is 6.19. The Morgan fingerprint density at radius 1 is 1.43 bits per heavy atom. The SMILES string of the molecule is CCOC1(C(Cc2c(Br)c(C)nn2C)NN)CCCCC1. The van der Waals surface area contributed by atoms with Crippen LogP contribution in [0, 0.1) is 6.92 Å². The van der Waals surface area contributed by atoms with Gasteiger partial charge in [-0.3, -0.25) is 16.0 Å². The molecule has 1 aliphatic rings. The van der Waals surface area contributed by atoms with E-state index in [2.05, 4.69) is 33.4 Å². The van der Waals surface area contributed by atoms with Crippen molar-refractivity contribution in [3.05, 3.63) is 15.9 Å². The Morgan fingerprint density at radius 2 is 2.10 bits per heavy atom. The summed E-state index contributed by atoms with van der Waals surface area (Å²) >= 11 is 3.65. The van der Waals surface area contributed by atoms with E-state index in [0.717, 1.165) is 36.0 Å². The van der Waals surface area contributed by atoms with Gasteiger partial charge in [-0.1, -0.05) is 19.3 Å². The van der Waals surface area contributed by atoms with Crippen molar-refractivity contribution in [2.24, 2.45) is 12.9 Å². The predicted molar refractivity (Wildman–Crippen MR) is 87.9 cm³/mol. The van der Waals surface area contributed by atoms with Crippen LogP contribution in [0.15, 0.2) is 4.47 Å². The lowest BCUT2D eigenvalue weighted by Gasteiger charge is -2.43. The Morgan fingerprint density at radius 3 is 2.57 bits per heavy atom. The van der Waals surface area contributed by atoms with Gasteiger partial charge in [-0.15, -0.1) is 0 Å². The Hall–Kier alpha value is -0.430. The number of aromatic nitrogens is 2. The summed E-state index contributed by atoms with van der Waals surface area (Å²) in [5.41, 5.74) is 5.05. The van der Waals surface area contributed by atoms with E-state index >= 15 is 0 Å². The zero-order valence-electron chi connectivity index (χ0n) is 13.3. The molecule has 1 aromatic heterocycles. The summed E-state index contributed by atoms with van der Waals surface area (Å²) in [6, 6.07) is 0.101. The topological polar surface area (TPSA) is 65.1 Å². The fraction of sp³-hybridized carbons (Fsp3) is 0.800. The molecule has 2 rings (SSSR count). The number of hydrogen-bond acceptors (Lipinski definition) is 4. The molecule has 21 heavy (non-hydrogen) atoms. The molecule has 1 unspecified atom stereocenters. The Kier molecular flexibility index (Phi) is 5.82. The number of hydrogen-bond donors (Lipinski definition) is 2. The summed E-state index contributed by atoms with van der Waals surface area (Å²) in [5, 5.41) is 4.47. The number of rotatable bonds is 6. The Labute approximate surface area is 135 Å². The third-order valence-corrected chi connectivity index (χ3v) is 5.66. The Balaban J connectivity index is 2.24. The normalized spacial score (nSPS) is 19.7. The smallest absolute Gasteiger partial charge is 0.0851 e. The van der Waals surface area contributed by atoms with Crippen LogP contribution in [-0.4, -0.2) is 28.0 Å². The molecule has 0 spiro atoms. The van der Waals surface area contributed by atoms with E-state index in [1.807, 2.05) is 18.7 Å². The molecule has 1 aliphatic carbocycles. The second kappa shape index (κ2) is 7.22. The molecule has 0 saturated heterocycles. The first kappa shape index (κ1) is 16.9. The fourth-order valence-corrected chi connectivity index (χ4v) is 4.02. The average molecular weight is 359 g/mol. The predicted octanol–water partition coefficient (Wildman–Crippen LogP) is 2.60. The number of hydrazine groups is 1. The van der Waals surface area contributed by atoms with Crippen molar-refractivity contribution in [2.45, 2.75) is 64.0 Å². The Bertz CT molecular complexity index is 463. The molecule has 0 radical (unpaired) electrons. The molecule has 1 atom stereocenters. The molecule has 6 heteroatoms. The van der Waals surface area contributed by atoms with E-state index in [-0.39, 0.29) is 11.6 Å². The van der Waals surface area contributed by atoms with Crippen LogP contribution in [0.25, 0.3) is 0 Å². The molecule has 5 nitrogen and oxygen atoms in total. The molecule has 0 aromatic carbocycles. The van der Waals surface area contributed by atoms with Crippen LogP contribution in [0.3, 0.4) is 0 Å². The molecule has 1 aromatic rings. The van der Waals surface area contributed by atoms with Crippen LogP contribution >= 0.6 is 15.9 Å². The van der Waals surface area contributed by atoms with Crippen molar-refractivity contribution < 1.29 is 4.74 Å². The number of nitrogens with zero attached hydrogens (tertiary/aromatic N) is 2. The van der Waals surface area contributed by atoms with Crippen LogP contribution in [0.1, 0.15) is 50.4 Å². The second-order valence-corrected chi connectivity index (χ2v) is 6.74. The summed E-state index contributed by atoms with van der Waals surface area (Å²) in [4.78, 5) is 0. The van der Waals surface area contributed by atoms with E-state index in [4.69, 9.17) is 10.6 Å². The van der Waals surface area contributed by atoms with Gasteiger partial charge < -0.3 is 4.74 Å². The third-order valence-electron chi connectivity index (χ3n) is 4.63. The van der Waals surface area contributed by atoms with Gasteiger partial charge in [-0.2, -0.15) is 5.10 Å². The molecule has 0 bridgehead atoms. The van der Waals surface area contributed by atoms with Crippen molar-refractivity contribution in [3.8, 4) is 0 Å². The first-order chi connectivity index (χ1) is 10.0. The summed E-state index contributed by atoms with van der Waals surface area (Å²) in [6.07, 6.45) is 6.68. The highest BCUT2D eigenvalue weighted by atomic mass is 79.9. The van der Waals surface area contributed by atoms with Crippen molar-refractivity contribution in [1.29, 1.82) is 0 Å². The molecule has 0 amide bonds. The minimum Gasteiger partial charge on any atom is -0.374 e. The number of halogens is 1. The molecule has 1 saturated carbocycles. The minimum atomic E-state index is -0.153. The maximum Gasteiger partial charge on any atom is 0.0851 e. The molecular weight excluding hydrogens is 332 g/mol. The van der Waals surface area contributed by atoms with Crippen LogP contribution < -0.4 is 11.3 Å². The first-order valence-corrected chi connectivity index (χ1v) is 8.61. The van der Waals surface area contributed by atoms with Gasteiger partial charge in [-0.25, -0.2) is 0 Å². The minimum absolute atomic E-state index is 0.101. The fourth-order valence-electron chi connectivity index (χ4n) is 3.52. The van der Waals surface area contributed by atoms with Crippen LogP contribution in [0.2, 0.25) is 0 Å². The van der Waals surface area contributed by atoms with Crippen molar-refractivity contribution >= 4 is 15.9 Å². The molecule has 1 fully saturated rings. The van der Waals surface area contributed by atoms with Gasteiger partial charge in [0.2, 0.25) is 0 Å². The second-order valence-electron chi connectivity index (χ2n) is 5.95. The van der Waals surface area contributed by atoms with E-state index in [0.29, 0.717) is 0 Å². The van der Waals surface area contributed by atoms with E-state index in [1.165, 1.54) is 25.0 Å². The van der Waals surface area contributed by atoms with Gasteiger partial charge in [0.25, 0.3) is 0 Å². The zero-order chi connectivity index (χ0) is 15.5. The lowest BCUT2D eigenvalue weighted by molar-refractivity contribution is -0.0901. The zero-order valence-corrected chi connectivity index (χ0v) is 14.9. The van der Waals surface area contributed by atoms with Crippen molar-refractivity contribution in [2.75, 3.05) is 6.61 Å². The molecule has 0 aliphatic heterocycles. The number of nitrogens with one attached hydrogen (secondary N) is 1.